The molecule has 0 radical (unpaired) electrons. The molecule has 4 nitrogen and oxygen atoms in total. The second kappa shape index (κ2) is 7.36. The zero-order chi connectivity index (χ0) is 13.5. The van der Waals surface area contributed by atoms with E-state index in [9.17, 15) is 0 Å². The highest BCUT2D eigenvalue weighted by Gasteiger charge is 2.10. The van der Waals surface area contributed by atoms with Crippen molar-refractivity contribution in [3.63, 3.8) is 0 Å². The van der Waals surface area contributed by atoms with Gasteiger partial charge in [-0.05, 0) is 31.0 Å². The normalized spacial score (nSPS) is 16.3. The Morgan fingerprint density at radius 3 is 2.63 bits per heavy atom. The first-order chi connectivity index (χ1) is 9.33. The molecule has 1 aromatic carbocycles. The van der Waals surface area contributed by atoms with Crippen molar-refractivity contribution in [1.29, 1.82) is 0 Å². The monoisotopic (exact) mass is 265 g/mol. The lowest BCUT2D eigenvalue weighted by Crippen LogP contribution is -2.36. The lowest BCUT2D eigenvalue weighted by Gasteiger charge is -2.26. The van der Waals surface area contributed by atoms with Crippen LogP contribution in [-0.4, -0.2) is 52.0 Å². The Bertz CT molecular complexity index is 389. The lowest BCUT2D eigenvalue weighted by molar-refractivity contribution is 0.0374. The van der Waals surface area contributed by atoms with Crippen LogP contribution in [0.4, 0.5) is 0 Å². The van der Waals surface area contributed by atoms with Crippen molar-refractivity contribution in [2.24, 2.45) is 0 Å². The summed E-state index contributed by atoms with van der Waals surface area (Å²) in [7, 11) is 3.38. The molecule has 0 saturated carbocycles. The van der Waals surface area contributed by atoms with Gasteiger partial charge in [-0.15, -0.1) is 0 Å². The molecule has 1 aromatic rings. The summed E-state index contributed by atoms with van der Waals surface area (Å²) in [4.78, 5) is 2.46. The van der Waals surface area contributed by atoms with E-state index < -0.39 is 0 Å². The number of methoxy groups -OCH3 is 2. The Morgan fingerprint density at radius 1 is 1.16 bits per heavy atom. The molecule has 1 aliphatic heterocycles. The maximum absolute atomic E-state index is 5.42. The summed E-state index contributed by atoms with van der Waals surface area (Å²) < 4.78 is 16.0. The molecule has 0 aromatic heterocycles. The first kappa shape index (κ1) is 14.2. The molecule has 0 unspecified atom stereocenters. The number of hydrogen-bond acceptors (Lipinski definition) is 4. The molecule has 1 fully saturated rings. The van der Waals surface area contributed by atoms with Gasteiger partial charge in [0.25, 0.3) is 0 Å². The number of benzene rings is 1. The van der Waals surface area contributed by atoms with Gasteiger partial charge in [0, 0.05) is 19.2 Å². The Hall–Kier alpha value is -1.26. The van der Waals surface area contributed by atoms with Crippen LogP contribution in [0.3, 0.4) is 0 Å². The van der Waals surface area contributed by atoms with Crippen LogP contribution in [0.5, 0.6) is 11.5 Å². The summed E-state index contributed by atoms with van der Waals surface area (Å²) in [6.07, 6.45) is 2.17. The van der Waals surface area contributed by atoms with Gasteiger partial charge in [0.2, 0.25) is 0 Å². The Morgan fingerprint density at radius 2 is 1.95 bits per heavy atom. The molecule has 1 aliphatic rings. The smallest absolute Gasteiger partial charge is 0.125 e. The number of hydrogen-bond donors (Lipinski definition) is 0. The number of morpholine rings is 1. The van der Waals surface area contributed by atoms with E-state index >= 15 is 0 Å². The summed E-state index contributed by atoms with van der Waals surface area (Å²) in [6, 6.07) is 6.04. The van der Waals surface area contributed by atoms with Crippen LogP contribution < -0.4 is 9.47 Å². The van der Waals surface area contributed by atoms with Crippen LogP contribution in [0, 0.1) is 0 Å². The topological polar surface area (TPSA) is 30.9 Å². The fourth-order valence-electron chi connectivity index (χ4n) is 2.38. The highest BCUT2D eigenvalue weighted by molar-refractivity contribution is 5.40. The fourth-order valence-corrected chi connectivity index (χ4v) is 2.38. The SMILES string of the molecule is COc1ccc(CCCN2CCOCC2)c(OC)c1. The molecule has 1 heterocycles. The van der Waals surface area contributed by atoms with Crippen molar-refractivity contribution < 1.29 is 14.2 Å². The largest absolute Gasteiger partial charge is 0.497 e. The second-order valence-electron chi connectivity index (χ2n) is 4.74. The van der Waals surface area contributed by atoms with Gasteiger partial charge in [-0.3, -0.25) is 4.90 Å². The molecule has 0 bridgehead atoms. The Kier molecular flexibility index (Phi) is 5.48. The maximum atomic E-state index is 5.42. The lowest BCUT2D eigenvalue weighted by atomic mass is 10.1. The van der Waals surface area contributed by atoms with E-state index in [1.165, 1.54) is 5.56 Å². The number of aryl methyl sites for hydroxylation is 1. The fraction of sp³-hybridized carbons (Fsp3) is 0.600. The van der Waals surface area contributed by atoms with Crippen molar-refractivity contribution in [1.82, 2.24) is 4.90 Å². The van der Waals surface area contributed by atoms with Gasteiger partial charge in [-0.2, -0.15) is 0 Å². The van der Waals surface area contributed by atoms with Gasteiger partial charge >= 0.3 is 0 Å². The van der Waals surface area contributed by atoms with Crippen molar-refractivity contribution in [2.75, 3.05) is 47.1 Å². The molecule has 0 N–H and O–H groups in total. The van der Waals surface area contributed by atoms with E-state index in [0.717, 1.165) is 57.2 Å². The molecule has 0 spiro atoms. The van der Waals surface area contributed by atoms with Gasteiger partial charge in [0.05, 0.1) is 27.4 Å². The zero-order valence-corrected chi connectivity index (χ0v) is 11.9. The third kappa shape index (κ3) is 4.11. The summed E-state index contributed by atoms with van der Waals surface area (Å²) in [5.74, 6) is 1.76. The van der Waals surface area contributed by atoms with E-state index in [2.05, 4.69) is 11.0 Å². The third-order valence-corrected chi connectivity index (χ3v) is 3.52. The number of rotatable bonds is 6. The molecule has 0 aliphatic carbocycles. The highest BCUT2D eigenvalue weighted by Crippen LogP contribution is 2.25. The minimum absolute atomic E-state index is 0.841. The molecule has 4 heteroatoms. The molecule has 106 valence electrons. The summed E-state index contributed by atoms with van der Waals surface area (Å²) >= 11 is 0. The molecule has 1 saturated heterocycles. The van der Waals surface area contributed by atoms with E-state index in [-0.39, 0.29) is 0 Å². The second-order valence-corrected chi connectivity index (χ2v) is 4.74. The van der Waals surface area contributed by atoms with E-state index in [1.807, 2.05) is 12.1 Å². The van der Waals surface area contributed by atoms with Gasteiger partial charge < -0.3 is 14.2 Å². The quantitative estimate of drug-likeness (QED) is 0.787. The van der Waals surface area contributed by atoms with Crippen LogP contribution in [0.1, 0.15) is 12.0 Å². The molecular formula is C15H23NO3. The van der Waals surface area contributed by atoms with Crippen molar-refractivity contribution in [3.8, 4) is 11.5 Å². The summed E-state index contributed by atoms with van der Waals surface area (Å²) in [6.45, 7) is 4.97. The molecular weight excluding hydrogens is 242 g/mol. The molecule has 19 heavy (non-hydrogen) atoms. The standard InChI is InChI=1S/C15H23NO3/c1-17-14-6-5-13(15(12-14)18-2)4-3-7-16-8-10-19-11-9-16/h5-6,12H,3-4,7-11H2,1-2H3. The first-order valence-corrected chi connectivity index (χ1v) is 6.84. The molecule has 2 rings (SSSR count). The number of nitrogens with zero attached hydrogens (tertiary/aromatic N) is 1. The van der Waals surface area contributed by atoms with Gasteiger partial charge in [0.1, 0.15) is 11.5 Å². The first-order valence-electron chi connectivity index (χ1n) is 6.84. The van der Waals surface area contributed by atoms with Crippen LogP contribution >= 0.6 is 0 Å². The highest BCUT2D eigenvalue weighted by atomic mass is 16.5. The predicted molar refractivity (Wildman–Crippen MR) is 75.1 cm³/mol. The van der Waals surface area contributed by atoms with Crippen LogP contribution in [0.2, 0.25) is 0 Å². The predicted octanol–water partition coefficient (Wildman–Crippen LogP) is 1.97. The average Bonchev–Trinajstić information content (AvgIpc) is 2.48. The van der Waals surface area contributed by atoms with Gasteiger partial charge in [-0.1, -0.05) is 6.07 Å². The van der Waals surface area contributed by atoms with Crippen molar-refractivity contribution in [3.05, 3.63) is 23.8 Å². The number of ether oxygens (including phenoxy) is 3. The van der Waals surface area contributed by atoms with E-state index in [4.69, 9.17) is 14.2 Å². The van der Waals surface area contributed by atoms with Crippen LogP contribution in [-0.2, 0) is 11.2 Å². The van der Waals surface area contributed by atoms with Crippen LogP contribution in [0.15, 0.2) is 18.2 Å². The van der Waals surface area contributed by atoms with Crippen molar-refractivity contribution >= 4 is 0 Å². The van der Waals surface area contributed by atoms with Gasteiger partial charge in [0.15, 0.2) is 0 Å². The zero-order valence-electron chi connectivity index (χ0n) is 11.9. The van der Waals surface area contributed by atoms with Gasteiger partial charge in [-0.25, -0.2) is 0 Å². The summed E-state index contributed by atoms with van der Waals surface area (Å²) in [5, 5.41) is 0. The Balaban J connectivity index is 1.84. The maximum Gasteiger partial charge on any atom is 0.125 e. The molecule has 0 amide bonds. The average molecular weight is 265 g/mol. The van der Waals surface area contributed by atoms with E-state index in [1.54, 1.807) is 14.2 Å². The van der Waals surface area contributed by atoms with E-state index in [0.29, 0.717) is 0 Å². The third-order valence-electron chi connectivity index (χ3n) is 3.52. The Labute approximate surface area is 115 Å². The minimum Gasteiger partial charge on any atom is -0.497 e. The van der Waals surface area contributed by atoms with Crippen LogP contribution in [0.25, 0.3) is 0 Å². The van der Waals surface area contributed by atoms with Crippen molar-refractivity contribution in [2.45, 2.75) is 12.8 Å². The minimum atomic E-state index is 0.841. The molecule has 0 atom stereocenters. The summed E-state index contributed by atoms with van der Waals surface area (Å²) in [5.41, 5.74) is 1.25.